The molecule has 3 heteroatoms. The Kier molecular flexibility index (Phi) is 2.32. The molecule has 0 saturated carbocycles. The van der Waals surface area contributed by atoms with Crippen LogP contribution in [0.3, 0.4) is 0 Å². The molecule has 0 aromatic heterocycles. The minimum atomic E-state index is -2.26. The third-order valence-electron chi connectivity index (χ3n) is 5.14. The van der Waals surface area contributed by atoms with Gasteiger partial charge in [-0.2, -0.15) is 0 Å². The molecule has 1 saturated heterocycles. The first-order chi connectivity index (χ1) is 5.94. The highest BCUT2D eigenvalue weighted by Gasteiger charge is 2.75. The molecule has 0 aromatic rings. The minimum Gasteiger partial charge on any atom is -0.305 e. The molecule has 1 fully saturated rings. The molecule has 1 heterocycles. The molecule has 2 nitrogen and oxygen atoms in total. The van der Waals surface area contributed by atoms with Gasteiger partial charge in [-0.1, -0.05) is 41.5 Å². The lowest BCUT2D eigenvalue weighted by molar-refractivity contribution is 0.123. The fraction of sp³-hybridized carbons (Fsp3) is 1.00. The lowest BCUT2D eigenvalue weighted by atomic mass is 9.69. The summed E-state index contributed by atoms with van der Waals surface area (Å²) in [6, 6.07) is 0. The lowest BCUT2D eigenvalue weighted by Gasteiger charge is -2.71. The maximum absolute atomic E-state index is 13.0. The normalized spacial score (nSPS) is 31.2. The second-order valence-electron chi connectivity index (χ2n) is 6.17. The van der Waals surface area contributed by atoms with Gasteiger partial charge in [0.25, 0.3) is 0 Å². The van der Waals surface area contributed by atoms with Gasteiger partial charge in [0.15, 0.2) is 7.29 Å². The van der Waals surface area contributed by atoms with Gasteiger partial charge in [-0.25, -0.2) is 0 Å². The zero-order valence-corrected chi connectivity index (χ0v) is 11.7. The fourth-order valence-electron chi connectivity index (χ4n) is 3.15. The average Bonchev–Trinajstić information content (AvgIpc) is 2.00. The van der Waals surface area contributed by atoms with E-state index >= 15 is 0 Å². The molecule has 1 aliphatic rings. The topological polar surface area (TPSA) is 20.3 Å². The first-order valence-corrected chi connectivity index (χ1v) is 6.88. The van der Waals surface area contributed by atoms with Crippen LogP contribution >= 0.6 is 7.29 Å². The number of nitrogens with zero attached hydrogens (tertiary/aromatic N) is 1. The summed E-state index contributed by atoms with van der Waals surface area (Å²) in [6.07, 6.45) is 0. The Morgan fingerprint density at radius 3 is 1.29 bits per heavy atom. The Hall–Kier alpha value is 0.190. The van der Waals surface area contributed by atoms with E-state index in [4.69, 9.17) is 0 Å². The highest BCUT2D eigenvalue weighted by atomic mass is 31.2. The number of hydrogen-bond donors (Lipinski definition) is 0. The average molecular weight is 217 g/mol. The van der Waals surface area contributed by atoms with E-state index in [1.54, 1.807) is 0 Å². The van der Waals surface area contributed by atoms with Crippen molar-refractivity contribution in [3.05, 3.63) is 0 Å². The summed E-state index contributed by atoms with van der Waals surface area (Å²) < 4.78 is 15.0. The van der Waals surface area contributed by atoms with Gasteiger partial charge >= 0.3 is 0 Å². The molecule has 1 rings (SSSR count). The monoisotopic (exact) mass is 217 g/mol. The van der Waals surface area contributed by atoms with Crippen LogP contribution in [-0.4, -0.2) is 29.1 Å². The van der Waals surface area contributed by atoms with E-state index in [9.17, 15) is 4.57 Å². The quantitative estimate of drug-likeness (QED) is 0.627. The van der Waals surface area contributed by atoms with Crippen molar-refractivity contribution in [3.63, 3.8) is 0 Å². The van der Waals surface area contributed by atoms with Crippen LogP contribution in [0.5, 0.6) is 0 Å². The third-order valence-corrected chi connectivity index (χ3v) is 10.4. The van der Waals surface area contributed by atoms with Gasteiger partial charge in [-0.15, -0.1) is 0 Å². The van der Waals surface area contributed by atoms with Crippen molar-refractivity contribution in [2.75, 3.05) is 14.1 Å². The van der Waals surface area contributed by atoms with Crippen molar-refractivity contribution < 1.29 is 4.57 Å². The SMILES string of the molecule is CN(C)P1(=O)C(C)(C)C(C)(C)C1(C)C. The molecule has 0 unspecified atom stereocenters. The molecule has 84 valence electrons. The van der Waals surface area contributed by atoms with E-state index in [0.717, 1.165) is 0 Å². The highest BCUT2D eigenvalue weighted by Crippen LogP contribution is 2.87. The van der Waals surface area contributed by atoms with E-state index < -0.39 is 7.29 Å². The molecule has 0 bridgehead atoms. The summed E-state index contributed by atoms with van der Waals surface area (Å²) in [5, 5.41) is -0.181. The summed E-state index contributed by atoms with van der Waals surface area (Å²) in [5.41, 5.74) is 0.125. The van der Waals surface area contributed by atoms with Gasteiger partial charge in [0.2, 0.25) is 0 Å². The zero-order valence-electron chi connectivity index (χ0n) is 10.8. The van der Waals surface area contributed by atoms with Crippen LogP contribution in [0.15, 0.2) is 0 Å². The zero-order chi connectivity index (χ0) is 11.6. The van der Waals surface area contributed by atoms with Crippen molar-refractivity contribution >= 4 is 7.29 Å². The van der Waals surface area contributed by atoms with Crippen LogP contribution in [-0.2, 0) is 4.57 Å². The highest BCUT2D eigenvalue weighted by molar-refractivity contribution is 7.66. The third kappa shape index (κ3) is 0.858. The molecule has 0 aliphatic carbocycles. The van der Waals surface area contributed by atoms with E-state index in [1.165, 1.54) is 0 Å². The van der Waals surface area contributed by atoms with Crippen LogP contribution in [0.25, 0.3) is 0 Å². The van der Waals surface area contributed by atoms with Crippen molar-refractivity contribution in [2.24, 2.45) is 5.41 Å². The summed E-state index contributed by atoms with van der Waals surface area (Å²) in [5.74, 6) is 0. The van der Waals surface area contributed by atoms with Crippen molar-refractivity contribution in [3.8, 4) is 0 Å². The minimum absolute atomic E-state index is 0.0903. The molecular formula is C11H24NOP. The van der Waals surface area contributed by atoms with Gasteiger partial charge in [0, 0.05) is 10.3 Å². The van der Waals surface area contributed by atoms with Crippen molar-refractivity contribution in [1.82, 2.24) is 4.67 Å². The first-order valence-electron chi connectivity index (χ1n) is 5.22. The van der Waals surface area contributed by atoms with Gasteiger partial charge in [-0.3, -0.25) is 4.67 Å². The predicted octanol–water partition coefficient (Wildman–Crippen LogP) is 3.42. The maximum atomic E-state index is 13.0. The van der Waals surface area contributed by atoms with Gasteiger partial charge < -0.3 is 4.57 Å². The molecule has 14 heavy (non-hydrogen) atoms. The standard InChI is InChI=1S/C11H24NOP/c1-9(2)10(3,4)14(13,12(7)8)11(9,5)6/h1-8H3. The molecule has 0 N–H and O–H groups in total. The fourth-order valence-corrected chi connectivity index (χ4v) is 8.46. The Morgan fingerprint density at radius 2 is 1.14 bits per heavy atom. The Labute approximate surface area is 88.5 Å². The summed E-state index contributed by atoms with van der Waals surface area (Å²) in [7, 11) is 1.63. The summed E-state index contributed by atoms with van der Waals surface area (Å²) >= 11 is 0. The van der Waals surface area contributed by atoms with Crippen LogP contribution in [0, 0.1) is 5.41 Å². The molecule has 1 aliphatic heterocycles. The van der Waals surface area contributed by atoms with E-state index in [1.807, 2.05) is 18.8 Å². The van der Waals surface area contributed by atoms with Crippen molar-refractivity contribution in [1.29, 1.82) is 0 Å². The predicted molar refractivity (Wildman–Crippen MR) is 63.2 cm³/mol. The first kappa shape index (κ1) is 12.3. The van der Waals surface area contributed by atoms with E-state index in [0.29, 0.717) is 0 Å². The van der Waals surface area contributed by atoms with Crippen LogP contribution in [0.2, 0.25) is 0 Å². The van der Waals surface area contributed by atoms with Gasteiger partial charge in [-0.05, 0) is 19.5 Å². The maximum Gasteiger partial charge on any atom is 0.161 e. The van der Waals surface area contributed by atoms with Crippen LogP contribution in [0.4, 0.5) is 0 Å². The largest absolute Gasteiger partial charge is 0.305 e. The van der Waals surface area contributed by atoms with Crippen LogP contribution < -0.4 is 0 Å². The molecule has 0 amide bonds. The second kappa shape index (κ2) is 2.65. The lowest BCUT2D eigenvalue weighted by Crippen LogP contribution is -2.67. The molecule has 0 atom stereocenters. The molecule has 0 aromatic carbocycles. The molecule has 0 radical (unpaired) electrons. The smallest absolute Gasteiger partial charge is 0.161 e. The van der Waals surface area contributed by atoms with Gasteiger partial charge in [0.1, 0.15) is 0 Å². The van der Waals surface area contributed by atoms with E-state index in [-0.39, 0.29) is 15.7 Å². The second-order valence-corrected chi connectivity index (χ2v) is 10.4. The van der Waals surface area contributed by atoms with Crippen LogP contribution in [0.1, 0.15) is 41.5 Å². The molecular weight excluding hydrogens is 193 g/mol. The summed E-state index contributed by atoms with van der Waals surface area (Å²) in [6.45, 7) is 13.0. The van der Waals surface area contributed by atoms with Gasteiger partial charge in [0.05, 0.1) is 0 Å². The number of hydrogen-bond acceptors (Lipinski definition) is 1. The van der Waals surface area contributed by atoms with E-state index in [2.05, 4.69) is 41.5 Å². The Bertz CT molecular complexity index is 280. The van der Waals surface area contributed by atoms with Crippen molar-refractivity contribution in [2.45, 2.75) is 51.9 Å². The molecule has 0 spiro atoms. The Morgan fingerprint density at radius 1 is 0.857 bits per heavy atom. The number of rotatable bonds is 1. The summed E-state index contributed by atoms with van der Waals surface area (Å²) in [4.78, 5) is 0. The Balaban J connectivity index is 3.33.